The van der Waals surface area contributed by atoms with E-state index in [1.807, 2.05) is 0 Å². The summed E-state index contributed by atoms with van der Waals surface area (Å²) < 4.78 is 8.57. The summed E-state index contributed by atoms with van der Waals surface area (Å²) in [5.74, 6) is 1.01. The zero-order valence-electron chi connectivity index (χ0n) is 21.3. The second kappa shape index (κ2) is 7.73. The molecule has 0 fully saturated rings. The average Bonchev–Trinajstić information content (AvgIpc) is 3.38. The fraction of sp³-hybridized carbons (Fsp3) is 0.176. The van der Waals surface area contributed by atoms with Crippen molar-refractivity contribution in [1.82, 2.24) is 4.57 Å². The van der Waals surface area contributed by atoms with Crippen molar-refractivity contribution in [2.75, 3.05) is 0 Å². The largest absolute Gasteiger partial charge is 0.456 e. The van der Waals surface area contributed by atoms with Crippen LogP contribution in [0.25, 0.3) is 55.7 Å². The molecular formula is C34H29NO. The van der Waals surface area contributed by atoms with Gasteiger partial charge < -0.3 is 8.98 Å². The van der Waals surface area contributed by atoms with Gasteiger partial charge in [0.15, 0.2) is 0 Å². The molecule has 0 radical (unpaired) electrons. The van der Waals surface area contributed by atoms with Crippen molar-refractivity contribution in [3.63, 3.8) is 0 Å². The van der Waals surface area contributed by atoms with Crippen LogP contribution in [0.2, 0.25) is 0 Å². The van der Waals surface area contributed by atoms with Crippen LogP contribution in [0.5, 0.6) is 0 Å². The van der Waals surface area contributed by atoms with E-state index in [2.05, 4.69) is 111 Å². The molecule has 4 aromatic carbocycles. The topological polar surface area (TPSA) is 18.1 Å². The highest BCUT2D eigenvalue weighted by Gasteiger charge is 2.18. The van der Waals surface area contributed by atoms with E-state index in [4.69, 9.17) is 4.42 Å². The molecule has 0 spiro atoms. The summed E-state index contributed by atoms with van der Waals surface area (Å²) in [6, 6.07) is 25.0. The van der Waals surface area contributed by atoms with Gasteiger partial charge in [0.2, 0.25) is 0 Å². The normalized spacial score (nSPS) is 13.2. The molecule has 2 nitrogen and oxygen atoms in total. The molecule has 2 heterocycles. The molecule has 2 heteroatoms. The van der Waals surface area contributed by atoms with Gasteiger partial charge in [0.25, 0.3) is 0 Å². The maximum atomic E-state index is 6.15. The Hall–Kier alpha value is -4.04. The fourth-order valence-electron chi connectivity index (χ4n) is 6.31. The third-order valence-electron chi connectivity index (χ3n) is 7.78. The van der Waals surface area contributed by atoms with Crippen LogP contribution >= 0.6 is 0 Å². The molecule has 0 bridgehead atoms. The summed E-state index contributed by atoms with van der Waals surface area (Å²) in [5, 5.41) is 3.82. The van der Waals surface area contributed by atoms with E-state index in [9.17, 15) is 0 Å². The van der Waals surface area contributed by atoms with E-state index < -0.39 is 0 Å². The van der Waals surface area contributed by atoms with Gasteiger partial charge in [-0.2, -0.15) is 0 Å². The molecule has 0 atom stereocenters. The molecule has 7 rings (SSSR count). The Morgan fingerprint density at radius 2 is 1.44 bits per heavy atom. The van der Waals surface area contributed by atoms with E-state index in [-0.39, 0.29) is 0 Å². The predicted octanol–water partition coefficient (Wildman–Crippen LogP) is 9.39. The van der Waals surface area contributed by atoms with Gasteiger partial charge >= 0.3 is 0 Å². The Bertz CT molecular complexity index is 1850. The highest BCUT2D eigenvalue weighted by molar-refractivity contribution is 6.11. The third-order valence-corrected chi connectivity index (χ3v) is 7.78. The van der Waals surface area contributed by atoms with Gasteiger partial charge in [-0.05, 0) is 111 Å². The van der Waals surface area contributed by atoms with Crippen molar-refractivity contribution < 1.29 is 4.42 Å². The van der Waals surface area contributed by atoms with Crippen LogP contribution < -0.4 is 0 Å². The van der Waals surface area contributed by atoms with Crippen molar-refractivity contribution in [3.05, 3.63) is 106 Å². The number of furan rings is 1. The second-order valence-electron chi connectivity index (χ2n) is 10.4. The van der Waals surface area contributed by atoms with Crippen molar-refractivity contribution >= 4 is 38.9 Å². The quantitative estimate of drug-likeness (QED) is 0.248. The molecule has 0 saturated carbocycles. The highest BCUT2D eigenvalue weighted by Crippen LogP contribution is 2.39. The molecule has 0 unspecified atom stereocenters. The van der Waals surface area contributed by atoms with E-state index in [1.165, 1.54) is 71.8 Å². The number of fused-ring (bicyclic) bond motifs is 6. The first-order chi connectivity index (χ1) is 17.5. The van der Waals surface area contributed by atoms with Crippen LogP contribution in [0.3, 0.4) is 0 Å². The zero-order chi connectivity index (χ0) is 24.6. The Morgan fingerprint density at radius 3 is 2.25 bits per heavy atom. The van der Waals surface area contributed by atoms with Gasteiger partial charge in [-0.1, -0.05) is 41.5 Å². The monoisotopic (exact) mass is 467 g/mol. The minimum Gasteiger partial charge on any atom is -0.456 e. The van der Waals surface area contributed by atoms with E-state index in [0.717, 1.165) is 24.2 Å². The van der Waals surface area contributed by atoms with E-state index >= 15 is 0 Å². The summed E-state index contributed by atoms with van der Waals surface area (Å²) in [5.41, 5.74) is 13.8. The van der Waals surface area contributed by atoms with Crippen LogP contribution in [0, 0.1) is 27.7 Å². The number of aromatic nitrogens is 1. The van der Waals surface area contributed by atoms with Crippen LogP contribution in [0.1, 0.15) is 40.0 Å². The molecular weight excluding hydrogens is 438 g/mol. The Morgan fingerprint density at radius 1 is 0.694 bits per heavy atom. The van der Waals surface area contributed by atoms with Gasteiger partial charge in [0.1, 0.15) is 11.3 Å². The number of rotatable bonds is 2. The maximum Gasteiger partial charge on any atom is 0.135 e. The number of hydrogen-bond donors (Lipinski definition) is 0. The van der Waals surface area contributed by atoms with Crippen molar-refractivity contribution in [3.8, 4) is 16.8 Å². The Kier molecular flexibility index (Phi) is 4.56. The predicted molar refractivity (Wildman–Crippen MR) is 152 cm³/mol. The lowest BCUT2D eigenvalue weighted by Crippen LogP contribution is -1.95. The number of nitrogens with zero attached hydrogens (tertiary/aromatic N) is 1. The van der Waals surface area contributed by atoms with Crippen molar-refractivity contribution in [2.45, 2.75) is 40.5 Å². The van der Waals surface area contributed by atoms with Gasteiger partial charge in [-0.25, -0.2) is 0 Å². The Labute approximate surface area is 211 Å². The summed E-state index contributed by atoms with van der Waals surface area (Å²) in [7, 11) is 0. The molecule has 1 aliphatic rings. The summed E-state index contributed by atoms with van der Waals surface area (Å²) in [6.07, 6.45) is 6.43. The smallest absolute Gasteiger partial charge is 0.135 e. The van der Waals surface area contributed by atoms with Gasteiger partial charge in [0, 0.05) is 27.4 Å². The van der Waals surface area contributed by atoms with Crippen molar-refractivity contribution in [1.29, 1.82) is 0 Å². The number of allylic oxidation sites excluding steroid dienone is 1. The number of aryl methyl sites for hydroxylation is 5. The first-order valence-corrected chi connectivity index (χ1v) is 12.8. The first kappa shape index (κ1) is 21.3. The molecule has 0 N–H and O–H groups in total. The van der Waals surface area contributed by atoms with Crippen LogP contribution in [-0.2, 0) is 6.42 Å². The lowest BCUT2D eigenvalue weighted by atomic mass is 9.93. The zero-order valence-corrected chi connectivity index (χ0v) is 21.3. The minimum absolute atomic E-state index is 0.972. The van der Waals surface area contributed by atoms with Crippen LogP contribution in [0.4, 0.5) is 0 Å². The molecule has 0 amide bonds. The van der Waals surface area contributed by atoms with E-state index in [1.54, 1.807) is 0 Å². The van der Waals surface area contributed by atoms with Gasteiger partial charge in [0.05, 0.1) is 11.0 Å². The molecule has 0 saturated heterocycles. The molecule has 1 aliphatic carbocycles. The van der Waals surface area contributed by atoms with Crippen LogP contribution in [-0.4, -0.2) is 4.57 Å². The average molecular weight is 468 g/mol. The lowest BCUT2D eigenvalue weighted by molar-refractivity contribution is 0.595. The molecule has 6 aromatic rings. The molecule has 176 valence electrons. The Balaban J connectivity index is 1.51. The van der Waals surface area contributed by atoms with Gasteiger partial charge in [-0.3, -0.25) is 0 Å². The standard InChI is InChI=1S/C34H29NO/c1-20-9-12-30-27(17-20)28-18-24(34-22(3)15-21(2)16-23(34)4)10-13-31(28)35(30)25-11-14-33-29(19-25)26-7-5-6-8-32(26)36-33/h6,8-19H,5,7H2,1-4H3. The number of hydrogen-bond acceptors (Lipinski definition) is 1. The first-order valence-electron chi connectivity index (χ1n) is 12.8. The van der Waals surface area contributed by atoms with Crippen LogP contribution in [0.15, 0.2) is 77.2 Å². The van der Waals surface area contributed by atoms with E-state index in [0.29, 0.717) is 0 Å². The third kappa shape index (κ3) is 3.10. The molecule has 2 aromatic heterocycles. The second-order valence-corrected chi connectivity index (χ2v) is 10.4. The molecule has 0 aliphatic heterocycles. The summed E-state index contributed by atoms with van der Waals surface area (Å²) >= 11 is 0. The minimum atomic E-state index is 0.972. The summed E-state index contributed by atoms with van der Waals surface area (Å²) in [4.78, 5) is 0. The van der Waals surface area contributed by atoms with Crippen molar-refractivity contribution in [2.24, 2.45) is 0 Å². The summed E-state index contributed by atoms with van der Waals surface area (Å²) in [6.45, 7) is 8.80. The highest BCUT2D eigenvalue weighted by atomic mass is 16.3. The molecule has 36 heavy (non-hydrogen) atoms. The van der Waals surface area contributed by atoms with Gasteiger partial charge in [-0.15, -0.1) is 0 Å². The number of benzene rings is 4. The maximum absolute atomic E-state index is 6.15. The fourth-order valence-corrected chi connectivity index (χ4v) is 6.31. The SMILES string of the molecule is Cc1cc(C)c(-c2ccc3c(c2)c2cc(C)ccc2n3-c2ccc3oc4c(c3c2)CCC=C4)c(C)c1. The lowest BCUT2D eigenvalue weighted by Gasteiger charge is -2.13.